The number of carbonyl (C=O) groups excluding carboxylic acids is 2. The molecule has 2 N–H and O–H groups in total. The van der Waals surface area contributed by atoms with Crippen LogP contribution in [0.1, 0.15) is 54.4 Å². The molecule has 3 aromatic carbocycles. The minimum absolute atomic E-state index is 0.0966. The second kappa shape index (κ2) is 11.1. The van der Waals surface area contributed by atoms with Crippen LogP contribution in [0.3, 0.4) is 0 Å². The van der Waals surface area contributed by atoms with Crippen LogP contribution in [0.2, 0.25) is 0 Å². The van der Waals surface area contributed by atoms with Gasteiger partial charge in [0.2, 0.25) is 5.91 Å². The number of alkyl carbamates (subject to hydrolysis) is 1. The molecule has 0 bridgehead atoms. The molecule has 0 fully saturated rings. The zero-order chi connectivity index (χ0) is 26.6. The number of carbonyl (C=O) groups is 3. The van der Waals surface area contributed by atoms with E-state index in [2.05, 4.69) is 17.4 Å². The predicted octanol–water partition coefficient (Wildman–Crippen LogP) is 5.12. The fourth-order valence-electron chi connectivity index (χ4n) is 5.65. The van der Waals surface area contributed by atoms with Gasteiger partial charge in [0.15, 0.2) is 0 Å². The molecule has 2 atom stereocenters. The number of nitrogens with one attached hydrogen (secondary N) is 1. The van der Waals surface area contributed by atoms with E-state index in [1.54, 1.807) is 0 Å². The van der Waals surface area contributed by atoms with E-state index in [0.29, 0.717) is 12.8 Å². The van der Waals surface area contributed by atoms with E-state index in [9.17, 15) is 19.5 Å². The summed E-state index contributed by atoms with van der Waals surface area (Å²) in [6.07, 6.45) is 1.45. The number of carboxylic acid groups (broad SMARTS) is 1. The zero-order valence-corrected chi connectivity index (χ0v) is 21.4. The Morgan fingerprint density at radius 3 is 2.21 bits per heavy atom. The van der Waals surface area contributed by atoms with Gasteiger partial charge in [-0.05, 0) is 39.8 Å². The third-order valence-electron chi connectivity index (χ3n) is 7.59. The van der Waals surface area contributed by atoms with Crippen LogP contribution in [0.4, 0.5) is 4.79 Å². The van der Waals surface area contributed by atoms with E-state index in [4.69, 9.17) is 4.74 Å². The number of nitrogens with zero attached hydrogens (tertiary/aromatic N) is 1. The SMILES string of the molecule is CCCC[C@@H](C(=O)O)N1Cc2ccccc2C[C@H](NC(=O)OCC2c3ccccc3-c3ccccc32)C1=O. The standard InChI is InChI=1S/C31H32N2O5/c1-2-3-16-28(30(35)36)33-18-21-11-5-4-10-20(21)17-27(29(33)34)32-31(37)38-19-26-24-14-8-6-12-22(24)23-13-7-9-15-25(23)26/h4-15,26-28H,2-3,16-19H2,1H3,(H,32,37)(H,35,36)/t27-,28-/m0/s1. The number of aliphatic carboxylic acids is 1. The molecule has 0 aromatic heterocycles. The van der Waals surface area contributed by atoms with Crippen LogP contribution < -0.4 is 5.32 Å². The quantitative estimate of drug-likeness (QED) is 0.437. The molecule has 0 unspecified atom stereocenters. The Balaban J connectivity index is 1.34. The Hall–Kier alpha value is -4.13. The van der Waals surface area contributed by atoms with Gasteiger partial charge in [-0.2, -0.15) is 0 Å². The van der Waals surface area contributed by atoms with Crippen molar-refractivity contribution in [1.29, 1.82) is 0 Å². The maximum absolute atomic E-state index is 13.6. The van der Waals surface area contributed by atoms with Crippen molar-refractivity contribution in [3.05, 3.63) is 95.1 Å². The molecule has 5 rings (SSSR count). The van der Waals surface area contributed by atoms with Crippen LogP contribution in [0, 0.1) is 0 Å². The Kier molecular flexibility index (Phi) is 7.45. The van der Waals surface area contributed by atoms with Crippen LogP contribution in [0.5, 0.6) is 0 Å². The highest BCUT2D eigenvalue weighted by Crippen LogP contribution is 2.44. The van der Waals surface area contributed by atoms with E-state index >= 15 is 0 Å². The van der Waals surface area contributed by atoms with Gasteiger partial charge in [0, 0.05) is 18.9 Å². The summed E-state index contributed by atoms with van der Waals surface area (Å²) in [5.74, 6) is -1.54. The number of carboxylic acids is 1. The molecule has 38 heavy (non-hydrogen) atoms. The number of amides is 2. The van der Waals surface area contributed by atoms with Gasteiger partial charge >= 0.3 is 12.1 Å². The first kappa shape index (κ1) is 25.5. The normalized spacial score (nSPS) is 17.1. The zero-order valence-electron chi connectivity index (χ0n) is 21.4. The van der Waals surface area contributed by atoms with Gasteiger partial charge < -0.3 is 20.1 Å². The molecule has 0 saturated carbocycles. The topological polar surface area (TPSA) is 95.9 Å². The Labute approximate surface area is 222 Å². The van der Waals surface area contributed by atoms with Crippen LogP contribution in [0.15, 0.2) is 72.8 Å². The molecule has 1 aliphatic carbocycles. The highest BCUT2D eigenvalue weighted by molar-refractivity contribution is 5.90. The summed E-state index contributed by atoms with van der Waals surface area (Å²) >= 11 is 0. The van der Waals surface area contributed by atoms with Crippen molar-refractivity contribution in [3.63, 3.8) is 0 Å². The summed E-state index contributed by atoms with van der Waals surface area (Å²) in [6.45, 7) is 2.31. The highest BCUT2D eigenvalue weighted by atomic mass is 16.5. The number of hydrogen-bond donors (Lipinski definition) is 2. The van der Waals surface area contributed by atoms with E-state index in [1.807, 2.05) is 67.6 Å². The van der Waals surface area contributed by atoms with E-state index in [-0.39, 0.29) is 25.5 Å². The number of ether oxygens (including phenoxy) is 1. The first-order chi connectivity index (χ1) is 18.5. The number of fused-ring (bicyclic) bond motifs is 4. The lowest BCUT2D eigenvalue weighted by atomic mass is 9.98. The lowest BCUT2D eigenvalue weighted by Crippen LogP contribution is -2.53. The molecule has 7 heteroatoms. The summed E-state index contributed by atoms with van der Waals surface area (Å²) in [4.78, 5) is 40.2. The van der Waals surface area contributed by atoms with Crippen molar-refractivity contribution >= 4 is 18.0 Å². The molecule has 7 nitrogen and oxygen atoms in total. The van der Waals surface area contributed by atoms with Crippen molar-refractivity contribution in [2.45, 2.75) is 57.2 Å². The van der Waals surface area contributed by atoms with Crippen LogP contribution in [0.25, 0.3) is 11.1 Å². The number of rotatable bonds is 8. The third kappa shape index (κ3) is 5.01. The third-order valence-corrected chi connectivity index (χ3v) is 7.59. The van der Waals surface area contributed by atoms with Gasteiger partial charge in [0.1, 0.15) is 18.7 Å². The van der Waals surface area contributed by atoms with Crippen LogP contribution in [-0.4, -0.2) is 46.7 Å². The molecule has 0 spiro atoms. The molecule has 1 heterocycles. The minimum atomic E-state index is -1.04. The lowest BCUT2D eigenvalue weighted by Gasteiger charge is -2.30. The lowest BCUT2D eigenvalue weighted by molar-refractivity contribution is -0.151. The van der Waals surface area contributed by atoms with E-state index < -0.39 is 30.1 Å². The second-order valence-electron chi connectivity index (χ2n) is 9.96. The molecule has 1 aliphatic heterocycles. The van der Waals surface area contributed by atoms with Gasteiger partial charge in [-0.25, -0.2) is 9.59 Å². The second-order valence-corrected chi connectivity index (χ2v) is 9.96. The fourth-order valence-corrected chi connectivity index (χ4v) is 5.65. The molecule has 2 aliphatic rings. The minimum Gasteiger partial charge on any atom is -0.480 e. The van der Waals surface area contributed by atoms with Gasteiger partial charge in [0.05, 0.1) is 0 Å². The monoisotopic (exact) mass is 512 g/mol. The molecule has 0 radical (unpaired) electrons. The fraction of sp³-hybridized carbons (Fsp3) is 0.323. The molecule has 196 valence electrons. The van der Waals surface area contributed by atoms with Gasteiger partial charge in [0.25, 0.3) is 0 Å². The van der Waals surface area contributed by atoms with Gasteiger partial charge in [-0.3, -0.25) is 4.79 Å². The van der Waals surface area contributed by atoms with E-state index in [1.165, 1.54) is 4.90 Å². The van der Waals surface area contributed by atoms with Gasteiger partial charge in [-0.1, -0.05) is 92.6 Å². The summed E-state index contributed by atoms with van der Waals surface area (Å²) in [5.41, 5.74) is 6.28. The largest absolute Gasteiger partial charge is 0.480 e. The summed E-state index contributed by atoms with van der Waals surface area (Å²) in [6, 6.07) is 21.9. The van der Waals surface area contributed by atoms with Crippen LogP contribution >= 0.6 is 0 Å². The van der Waals surface area contributed by atoms with Crippen molar-refractivity contribution in [3.8, 4) is 11.1 Å². The first-order valence-electron chi connectivity index (χ1n) is 13.2. The summed E-state index contributed by atoms with van der Waals surface area (Å²) in [7, 11) is 0. The van der Waals surface area contributed by atoms with Crippen molar-refractivity contribution in [1.82, 2.24) is 10.2 Å². The van der Waals surface area contributed by atoms with Crippen molar-refractivity contribution in [2.75, 3.05) is 6.61 Å². The average molecular weight is 513 g/mol. The first-order valence-corrected chi connectivity index (χ1v) is 13.2. The van der Waals surface area contributed by atoms with E-state index in [0.717, 1.165) is 39.8 Å². The summed E-state index contributed by atoms with van der Waals surface area (Å²) in [5, 5.41) is 12.7. The maximum atomic E-state index is 13.6. The number of hydrogen-bond acceptors (Lipinski definition) is 4. The average Bonchev–Trinajstić information content (AvgIpc) is 3.17. The predicted molar refractivity (Wildman–Crippen MR) is 144 cm³/mol. The Bertz CT molecular complexity index is 1310. The molecule has 3 aromatic rings. The highest BCUT2D eigenvalue weighted by Gasteiger charge is 2.37. The Morgan fingerprint density at radius 1 is 0.974 bits per heavy atom. The number of benzene rings is 3. The van der Waals surface area contributed by atoms with Crippen molar-refractivity contribution in [2.24, 2.45) is 0 Å². The molecule has 0 saturated heterocycles. The molecule has 2 amide bonds. The smallest absolute Gasteiger partial charge is 0.407 e. The number of unbranched alkanes of at least 4 members (excludes halogenated alkanes) is 1. The van der Waals surface area contributed by atoms with Gasteiger partial charge in [-0.15, -0.1) is 0 Å². The van der Waals surface area contributed by atoms with Crippen LogP contribution in [-0.2, 0) is 27.3 Å². The van der Waals surface area contributed by atoms with Crippen molar-refractivity contribution < 1.29 is 24.2 Å². The summed E-state index contributed by atoms with van der Waals surface area (Å²) < 4.78 is 5.69. The maximum Gasteiger partial charge on any atom is 0.407 e. The molecular formula is C31H32N2O5. The Morgan fingerprint density at radius 2 is 1.58 bits per heavy atom. The molecular weight excluding hydrogens is 480 g/mol.